The summed E-state index contributed by atoms with van der Waals surface area (Å²) in [6.07, 6.45) is 3.72. The number of carbonyl (C=O) groups excluding carboxylic acids is 1. The number of carbonyl (C=O) groups is 1. The van der Waals surface area contributed by atoms with Crippen molar-refractivity contribution in [1.82, 2.24) is 9.47 Å². The summed E-state index contributed by atoms with van der Waals surface area (Å²) >= 11 is 1.69. The molecule has 0 spiro atoms. The van der Waals surface area contributed by atoms with Crippen molar-refractivity contribution >= 4 is 17.2 Å². The van der Waals surface area contributed by atoms with Gasteiger partial charge in [0.15, 0.2) is 0 Å². The largest absolute Gasteiger partial charge is 0.333 e. The molecule has 1 aliphatic heterocycles. The highest BCUT2D eigenvalue weighted by atomic mass is 32.1. The summed E-state index contributed by atoms with van der Waals surface area (Å²) < 4.78 is 1.50. The Labute approximate surface area is 127 Å². The zero-order valence-corrected chi connectivity index (χ0v) is 12.8. The lowest BCUT2D eigenvalue weighted by Gasteiger charge is -2.24. The quantitative estimate of drug-likeness (QED) is 0.874. The molecule has 110 valence electrons. The van der Waals surface area contributed by atoms with Crippen LogP contribution < -0.4 is 5.56 Å². The van der Waals surface area contributed by atoms with Crippen LogP contribution in [0.5, 0.6) is 0 Å². The minimum atomic E-state index is -0.0854. The summed E-state index contributed by atoms with van der Waals surface area (Å²) in [4.78, 5) is 27.7. The highest BCUT2D eigenvalue weighted by Crippen LogP contribution is 2.34. The number of aromatic nitrogens is 1. The van der Waals surface area contributed by atoms with Crippen molar-refractivity contribution in [1.29, 1.82) is 0 Å². The maximum atomic E-state index is 12.6. The lowest BCUT2D eigenvalue weighted by atomic mass is 10.2. The topological polar surface area (TPSA) is 42.3 Å². The van der Waals surface area contributed by atoms with Gasteiger partial charge in [0.05, 0.1) is 6.04 Å². The SMILES string of the molecule is Cc1cccn(CC(=O)N2CCC[C@H]2c2cccs2)c1=O. The van der Waals surface area contributed by atoms with E-state index in [9.17, 15) is 9.59 Å². The van der Waals surface area contributed by atoms with E-state index in [1.807, 2.05) is 22.4 Å². The second-order valence-electron chi connectivity index (χ2n) is 5.38. The zero-order valence-electron chi connectivity index (χ0n) is 12.0. The fourth-order valence-electron chi connectivity index (χ4n) is 2.86. The number of aryl methyl sites for hydroxylation is 1. The van der Waals surface area contributed by atoms with Gasteiger partial charge in [-0.2, -0.15) is 0 Å². The second kappa shape index (κ2) is 5.85. The number of rotatable bonds is 3. The number of thiophene rings is 1. The highest BCUT2D eigenvalue weighted by Gasteiger charge is 2.30. The van der Waals surface area contributed by atoms with Gasteiger partial charge >= 0.3 is 0 Å². The molecule has 1 atom stereocenters. The summed E-state index contributed by atoms with van der Waals surface area (Å²) in [5.41, 5.74) is 0.583. The maximum Gasteiger partial charge on any atom is 0.253 e. The summed E-state index contributed by atoms with van der Waals surface area (Å²) in [5, 5.41) is 2.04. The van der Waals surface area contributed by atoms with E-state index in [0.717, 1.165) is 19.4 Å². The van der Waals surface area contributed by atoms with Gasteiger partial charge in [-0.1, -0.05) is 12.1 Å². The third-order valence-corrected chi connectivity index (χ3v) is 4.93. The zero-order chi connectivity index (χ0) is 14.8. The van der Waals surface area contributed by atoms with Crippen LogP contribution in [0.3, 0.4) is 0 Å². The Morgan fingerprint density at radius 3 is 3.00 bits per heavy atom. The minimum Gasteiger partial charge on any atom is -0.333 e. The molecule has 4 nitrogen and oxygen atoms in total. The molecular weight excluding hydrogens is 284 g/mol. The monoisotopic (exact) mass is 302 g/mol. The molecule has 0 aliphatic carbocycles. The molecule has 21 heavy (non-hydrogen) atoms. The molecule has 5 heteroatoms. The van der Waals surface area contributed by atoms with Crippen LogP contribution in [-0.4, -0.2) is 21.9 Å². The standard InChI is InChI=1S/C16H18N2O2S/c1-12-5-2-8-17(16(12)20)11-15(19)18-9-3-6-13(18)14-7-4-10-21-14/h2,4-5,7-8,10,13H,3,6,9,11H2,1H3/t13-/m0/s1. The summed E-state index contributed by atoms with van der Waals surface area (Å²) in [5.74, 6) is 0.0265. The lowest BCUT2D eigenvalue weighted by molar-refractivity contribution is -0.132. The molecule has 1 aliphatic rings. The fourth-order valence-corrected chi connectivity index (χ4v) is 3.73. The molecule has 0 aromatic carbocycles. The summed E-state index contributed by atoms with van der Waals surface area (Å²) in [7, 11) is 0. The van der Waals surface area contributed by atoms with Gasteiger partial charge in [-0.15, -0.1) is 11.3 Å². The number of hydrogen-bond acceptors (Lipinski definition) is 3. The third-order valence-electron chi connectivity index (χ3n) is 3.96. The number of nitrogens with zero attached hydrogens (tertiary/aromatic N) is 2. The molecule has 1 saturated heterocycles. The lowest BCUT2D eigenvalue weighted by Crippen LogP contribution is -2.36. The van der Waals surface area contributed by atoms with Crippen molar-refractivity contribution in [3.63, 3.8) is 0 Å². The van der Waals surface area contributed by atoms with Gasteiger partial charge in [-0.05, 0) is 37.3 Å². The Bertz CT molecular complexity index is 691. The van der Waals surface area contributed by atoms with Crippen molar-refractivity contribution in [3.05, 3.63) is 56.6 Å². The van der Waals surface area contributed by atoms with Crippen LogP contribution in [0.1, 0.15) is 29.3 Å². The normalized spacial score (nSPS) is 18.1. The van der Waals surface area contributed by atoms with Crippen LogP contribution in [0.2, 0.25) is 0 Å². The first-order chi connectivity index (χ1) is 10.2. The van der Waals surface area contributed by atoms with Crippen LogP contribution in [0.25, 0.3) is 0 Å². The van der Waals surface area contributed by atoms with Gasteiger partial charge in [-0.3, -0.25) is 9.59 Å². The molecule has 0 bridgehead atoms. The first-order valence-electron chi connectivity index (χ1n) is 7.16. The molecule has 3 rings (SSSR count). The van der Waals surface area contributed by atoms with Gasteiger partial charge in [-0.25, -0.2) is 0 Å². The Balaban J connectivity index is 1.79. The van der Waals surface area contributed by atoms with Gasteiger partial charge in [0.2, 0.25) is 5.91 Å². The molecular formula is C16H18N2O2S. The number of likely N-dealkylation sites (tertiary alicyclic amines) is 1. The average Bonchev–Trinajstić information content (AvgIpc) is 3.13. The maximum absolute atomic E-state index is 12.6. The molecule has 0 N–H and O–H groups in total. The predicted octanol–water partition coefficient (Wildman–Crippen LogP) is 2.58. The van der Waals surface area contributed by atoms with Gasteiger partial charge in [0.25, 0.3) is 5.56 Å². The summed E-state index contributed by atoms with van der Waals surface area (Å²) in [6, 6.07) is 7.86. The van der Waals surface area contributed by atoms with E-state index in [1.165, 1.54) is 9.44 Å². The van der Waals surface area contributed by atoms with Gasteiger partial charge in [0.1, 0.15) is 6.54 Å². The fraction of sp³-hybridized carbons (Fsp3) is 0.375. The van der Waals surface area contributed by atoms with E-state index in [2.05, 4.69) is 6.07 Å². The highest BCUT2D eigenvalue weighted by molar-refractivity contribution is 7.10. The predicted molar refractivity (Wildman–Crippen MR) is 83.4 cm³/mol. The minimum absolute atomic E-state index is 0.0265. The van der Waals surface area contributed by atoms with E-state index in [1.54, 1.807) is 30.5 Å². The smallest absolute Gasteiger partial charge is 0.253 e. The van der Waals surface area contributed by atoms with E-state index >= 15 is 0 Å². The van der Waals surface area contributed by atoms with Crippen LogP contribution in [0.15, 0.2) is 40.6 Å². The molecule has 1 fully saturated rings. The van der Waals surface area contributed by atoms with Crippen molar-refractivity contribution < 1.29 is 4.79 Å². The van der Waals surface area contributed by atoms with E-state index in [4.69, 9.17) is 0 Å². The van der Waals surface area contributed by atoms with Crippen LogP contribution in [-0.2, 0) is 11.3 Å². The van der Waals surface area contributed by atoms with E-state index in [0.29, 0.717) is 5.56 Å². The van der Waals surface area contributed by atoms with Crippen molar-refractivity contribution in [2.24, 2.45) is 0 Å². The Kier molecular flexibility index (Phi) is 3.92. The average molecular weight is 302 g/mol. The van der Waals surface area contributed by atoms with Crippen molar-refractivity contribution in [2.75, 3.05) is 6.54 Å². The molecule has 0 unspecified atom stereocenters. The molecule has 0 saturated carbocycles. The molecule has 1 amide bonds. The van der Waals surface area contributed by atoms with Crippen molar-refractivity contribution in [3.8, 4) is 0 Å². The molecule has 2 aromatic rings. The number of amides is 1. The van der Waals surface area contributed by atoms with E-state index < -0.39 is 0 Å². The Morgan fingerprint density at radius 2 is 2.24 bits per heavy atom. The first-order valence-corrected chi connectivity index (χ1v) is 8.03. The second-order valence-corrected chi connectivity index (χ2v) is 6.36. The van der Waals surface area contributed by atoms with Crippen molar-refractivity contribution in [2.45, 2.75) is 32.4 Å². The van der Waals surface area contributed by atoms with Crippen LogP contribution in [0, 0.1) is 6.92 Å². The molecule has 2 aromatic heterocycles. The first kappa shape index (κ1) is 14.1. The number of pyridine rings is 1. The number of hydrogen-bond donors (Lipinski definition) is 0. The third kappa shape index (κ3) is 2.78. The summed E-state index contributed by atoms with van der Waals surface area (Å²) in [6.45, 7) is 2.68. The Hall–Kier alpha value is -1.88. The van der Waals surface area contributed by atoms with Gasteiger partial charge in [0, 0.05) is 23.2 Å². The van der Waals surface area contributed by atoms with E-state index in [-0.39, 0.29) is 24.1 Å². The van der Waals surface area contributed by atoms with Gasteiger partial charge < -0.3 is 9.47 Å². The van der Waals surface area contributed by atoms with Crippen LogP contribution in [0.4, 0.5) is 0 Å². The Morgan fingerprint density at radius 1 is 1.38 bits per heavy atom. The molecule has 3 heterocycles. The van der Waals surface area contributed by atoms with Crippen LogP contribution >= 0.6 is 11.3 Å². The molecule has 0 radical (unpaired) electrons.